The summed E-state index contributed by atoms with van der Waals surface area (Å²) in [4.78, 5) is 2.55. The Kier molecular flexibility index (Phi) is 10.5. The van der Waals surface area contributed by atoms with Crippen LogP contribution in [0.2, 0.25) is 0 Å². The van der Waals surface area contributed by atoms with E-state index in [4.69, 9.17) is 9.47 Å². The van der Waals surface area contributed by atoms with Crippen molar-refractivity contribution in [2.75, 3.05) is 18.8 Å². The summed E-state index contributed by atoms with van der Waals surface area (Å²) in [7, 11) is 2.24. The Morgan fingerprint density at radius 3 is 1.86 bits per heavy atom. The van der Waals surface area contributed by atoms with Crippen molar-refractivity contribution in [2.24, 2.45) is 0 Å². The molecule has 0 amide bonds. The topological polar surface area (TPSA) is 21.7 Å². The third-order valence-corrected chi connectivity index (χ3v) is 10.3. The molecule has 0 N–H and O–H groups in total. The van der Waals surface area contributed by atoms with Crippen LogP contribution in [0.3, 0.4) is 0 Å². The fraction of sp³-hybridized carbons (Fsp3) is 0.368. The van der Waals surface area contributed by atoms with Crippen molar-refractivity contribution >= 4 is 19.6 Å². The van der Waals surface area contributed by atoms with Crippen LogP contribution in [0.5, 0.6) is 5.75 Å². The van der Waals surface area contributed by atoms with E-state index in [9.17, 15) is 0 Å². The molecule has 4 aromatic carbocycles. The van der Waals surface area contributed by atoms with Gasteiger partial charge in [-0.1, -0.05) is 128 Å². The maximum atomic E-state index is 6.31. The molecule has 0 fully saturated rings. The molecule has 2 atom stereocenters. The fourth-order valence-corrected chi connectivity index (χ4v) is 7.16. The van der Waals surface area contributed by atoms with E-state index < -0.39 is 0 Å². The SMILES string of the molecule is CCC(C)(Pc1c(C)cccc1N(Cc1ccccc1)Cc1ccccc1)c1cc(C(C)(C)C)cc(C)c1OCOC. The van der Waals surface area contributed by atoms with Crippen LogP contribution < -0.4 is 14.9 Å². The van der Waals surface area contributed by atoms with Crippen molar-refractivity contribution in [3.05, 3.63) is 124 Å². The van der Waals surface area contributed by atoms with Gasteiger partial charge in [0.15, 0.2) is 6.79 Å². The van der Waals surface area contributed by atoms with Gasteiger partial charge in [-0.25, -0.2) is 0 Å². The van der Waals surface area contributed by atoms with Crippen molar-refractivity contribution in [3.8, 4) is 5.75 Å². The highest BCUT2D eigenvalue weighted by atomic mass is 31.1. The maximum absolute atomic E-state index is 6.31. The number of hydrogen-bond donors (Lipinski definition) is 0. The van der Waals surface area contributed by atoms with Crippen LogP contribution in [0.1, 0.15) is 74.4 Å². The van der Waals surface area contributed by atoms with E-state index in [0.717, 1.165) is 25.3 Å². The predicted molar refractivity (Wildman–Crippen MR) is 182 cm³/mol. The van der Waals surface area contributed by atoms with E-state index in [1.54, 1.807) is 7.11 Å². The largest absolute Gasteiger partial charge is 0.467 e. The standard InChI is InChI=1S/C38H48NO2P/c1-9-38(7,33-24-32(37(4,5)6)23-29(3)35(33)41-27-40-8)42-36-28(2)17-16-22-34(36)39(25-30-18-12-10-13-19-30)26-31-20-14-11-15-21-31/h10-24,42H,9,25-27H2,1-8H3. The van der Waals surface area contributed by atoms with Crippen LogP contribution in [0.4, 0.5) is 5.69 Å². The molecule has 0 aliphatic heterocycles. The van der Waals surface area contributed by atoms with Gasteiger partial charge >= 0.3 is 0 Å². The quantitative estimate of drug-likeness (QED) is 0.123. The number of methoxy groups -OCH3 is 1. The van der Waals surface area contributed by atoms with E-state index in [2.05, 4.69) is 144 Å². The lowest BCUT2D eigenvalue weighted by molar-refractivity contribution is 0.0495. The van der Waals surface area contributed by atoms with Gasteiger partial charge < -0.3 is 14.4 Å². The van der Waals surface area contributed by atoms with Gasteiger partial charge in [0.05, 0.1) is 0 Å². The van der Waals surface area contributed by atoms with E-state index in [0.29, 0.717) is 8.58 Å². The van der Waals surface area contributed by atoms with Gasteiger partial charge in [-0.05, 0) is 64.9 Å². The lowest BCUT2D eigenvalue weighted by Gasteiger charge is -2.36. The van der Waals surface area contributed by atoms with Crippen LogP contribution in [0, 0.1) is 13.8 Å². The first-order valence-corrected chi connectivity index (χ1v) is 16.0. The molecule has 2 unspecified atom stereocenters. The van der Waals surface area contributed by atoms with Crippen molar-refractivity contribution in [3.63, 3.8) is 0 Å². The minimum absolute atomic E-state index is 0.0348. The van der Waals surface area contributed by atoms with Gasteiger partial charge in [0.1, 0.15) is 5.75 Å². The lowest BCUT2D eigenvalue weighted by Crippen LogP contribution is -2.29. The maximum Gasteiger partial charge on any atom is 0.188 e. The second kappa shape index (κ2) is 13.9. The van der Waals surface area contributed by atoms with E-state index in [1.165, 1.54) is 44.4 Å². The minimum Gasteiger partial charge on any atom is -0.467 e. The number of ether oxygens (including phenoxy) is 2. The lowest BCUT2D eigenvalue weighted by atomic mass is 9.82. The summed E-state index contributed by atoms with van der Waals surface area (Å²) in [6, 6.07) is 33.1. The molecule has 4 aromatic rings. The zero-order valence-corrected chi connectivity index (χ0v) is 27.8. The number of benzene rings is 4. The predicted octanol–water partition coefficient (Wildman–Crippen LogP) is 9.42. The van der Waals surface area contributed by atoms with Gasteiger partial charge in [0.2, 0.25) is 0 Å². The van der Waals surface area contributed by atoms with Gasteiger partial charge in [0.25, 0.3) is 0 Å². The highest BCUT2D eigenvalue weighted by Crippen LogP contribution is 2.51. The molecule has 42 heavy (non-hydrogen) atoms. The second-order valence-electron chi connectivity index (χ2n) is 12.6. The number of anilines is 1. The van der Waals surface area contributed by atoms with Gasteiger partial charge in [-0.2, -0.15) is 0 Å². The van der Waals surface area contributed by atoms with Crippen molar-refractivity contribution in [2.45, 2.75) is 78.5 Å². The third-order valence-electron chi connectivity index (χ3n) is 8.19. The molecule has 3 nitrogen and oxygen atoms in total. The van der Waals surface area contributed by atoms with Gasteiger partial charge in [-0.3, -0.25) is 0 Å². The van der Waals surface area contributed by atoms with Crippen LogP contribution in [0.15, 0.2) is 91.0 Å². The normalized spacial score (nSPS) is 13.3. The van der Waals surface area contributed by atoms with Crippen molar-refractivity contribution in [1.82, 2.24) is 0 Å². The summed E-state index contributed by atoms with van der Waals surface area (Å²) in [6.07, 6.45) is 0.993. The summed E-state index contributed by atoms with van der Waals surface area (Å²) in [6.45, 7) is 18.0. The van der Waals surface area contributed by atoms with E-state index >= 15 is 0 Å². The summed E-state index contributed by atoms with van der Waals surface area (Å²) in [5.41, 5.74) is 9.08. The average Bonchev–Trinajstić information content (AvgIpc) is 2.97. The molecule has 0 heterocycles. The summed E-state index contributed by atoms with van der Waals surface area (Å²) in [5.74, 6) is 0.960. The zero-order valence-electron chi connectivity index (χ0n) is 26.8. The zero-order chi connectivity index (χ0) is 30.3. The average molecular weight is 582 g/mol. The Hall–Kier alpha value is -3.13. The highest BCUT2D eigenvalue weighted by Gasteiger charge is 2.33. The van der Waals surface area contributed by atoms with Gasteiger partial charge in [-0.15, -0.1) is 0 Å². The molecule has 4 heteroatoms. The molecule has 0 aliphatic rings. The molecule has 0 aliphatic carbocycles. The number of hydrogen-bond acceptors (Lipinski definition) is 3. The molecular weight excluding hydrogens is 533 g/mol. The summed E-state index contributed by atoms with van der Waals surface area (Å²) >= 11 is 0. The molecular formula is C38H48NO2P. The Balaban J connectivity index is 1.84. The monoisotopic (exact) mass is 581 g/mol. The summed E-state index contributed by atoms with van der Waals surface area (Å²) < 4.78 is 11.7. The molecule has 222 valence electrons. The Morgan fingerprint density at radius 2 is 1.33 bits per heavy atom. The molecule has 0 saturated carbocycles. The number of nitrogens with zero attached hydrogens (tertiary/aromatic N) is 1. The smallest absolute Gasteiger partial charge is 0.188 e. The van der Waals surface area contributed by atoms with E-state index in [1.807, 2.05) is 0 Å². The van der Waals surface area contributed by atoms with Crippen LogP contribution in [-0.4, -0.2) is 13.9 Å². The molecule has 0 saturated heterocycles. The molecule has 0 bridgehead atoms. The number of rotatable bonds is 12. The Bertz CT molecular complexity index is 1400. The Labute approximate surface area is 256 Å². The van der Waals surface area contributed by atoms with Crippen molar-refractivity contribution < 1.29 is 9.47 Å². The fourth-order valence-electron chi connectivity index (χ4n) is 5.46. The first-order valence-electron chi connectivity index (χ1n) is 15.0. The van der Waals surface area contributed by atoms with Crippen molar-refractivity contribution in [1.29, 1.82) is 0 Å². The summed E-state index contributed by atoms with van der Waals surface area (Å²) in [5, 5.41) is 1.30. The molecule has 0 spiro atoms. The van der Waals surface area contributed by atoms with Crippen LogP contribution in [-0.2, 0) is 28.4 Å². The molecule has 4 rings (SSSR count). The minimum atomic E-state index is -0.124. The second-order valence-corrected chi connectivity index (χ2v) is 14.4. The first-order chi connectivity index (χ1) is 20.1. The first kappa shape index (κ1) is 31.8. The number of aryl methyl sites for hydroxylation is 2. The third kappa shape index (κ3) is 7.63. The highest BCUT2D eigenvalue weighted by molar-refractivity contribution is 7.49. The molecule has 0 aromatic heterocycles. The van der Waals surface area contributed by atoms with Gasteiger partial charge in [0, 0.05) is 36.6 Å². The van der Waals surface area contributed by atoms with Crippen LogP contribution in [0.25, 0.3) is 0 Å². The Morgan fingerprint density at radius 1 is 0.738 bits per heavy atom. The molecule has 0 radical (unpaired) electrons. The van der Waals surface area contributed by atoms with Crippen LogP contribution >= 0.6 is 8.58 Å². The van der Waals surface area contributed by atoms with E-state index in [-0.39, 0.29) is 17.4 Å².